The van der Waals surface area contributed by atoms with Gasteiger partial charge < -0.3 is 9.47 Å². The van der Waals surface area contributed by atoms with Crippen molar-refractivity contribution in [3.05, 3.63) is 45.9 Å². The summed E-state index contributed by atoms with van der Waals surface area (Å²) in [6, 6.07) is 7.06. The van der Waals surface area contributed by atoms with Crippen LogP contribution < -0.4 is 10.3 Å². The number of aromatic nitrogens is 2. The number of H-pyrrole nitrogens is 1. The van der Waals surface area contributed by atoms with E-state index in [4.69, 9.17) is 9.47 Å². The topological polar surface area (TPSA) is 85.7 Å². The van der Waals surface area contributed by atoms with Gasteiger partial charge in [-0.2, -0.15) is 0 Å². The van der Waals surface area contributed by atoms with E-state index in [0.717, 1.165) is 6.42 Å². The van der Waals surface area contributed by atoms with Gasteiger partial charge in [0.05, 0.1) is 37.6 Å². The summed E-state index contributed by atoms with van der Waals surface area (Å²) in [5, 5.41) is 3.01. The van der Waals surface area contributed by atoms with E-state index in [1.54, 1.807) is 38.3 Å². The van der Waals surface area contributed by atoms with Crippen LogP contribution in [0.4, 0.5) is 0 Å². The first-order valence-electron chi connectivity index (χ1n) is 8.08. The minimum atomic E-state index is -0.423. The number of carbonyl (C=O) groups is 1. The van der Waals surface area contributed by atoms with Crippen LogP contribution in [0, 0.1) is 0 Å². The molecule has 0 radical (unpaired) electrons. The summed E-state index contributed by atoms with van der Waals surface area (Å²) in [4.78, 5) is 29.0. The SMILES string of the molecule is CCCN=C(C)c1c(CC(=O)OC)[nH]n(-c2ccc(OC)cc2)c1=O. The van der Waals surface area contributed by atoms with E-state index in [0.29, 0.717) is 35.0 Å². The molecule has 0 spiro atoms. The predicted octanol–water partition coefficient (Wildman–Crippen LogP) is 2.11. The second-order valence-corrected chi connectivity index (χ2v) is 5.52. The molecule has 2 aromatic rings. The lowest BCUT2D eigenvalue weighted by atomic mass is 10.1. The Morgan fingerprint density at radius 2 is 1.92 bits per heavy atom. The first kappa shape index (κ1) is 18.5. The second kappa shape index (κ2) is 8.32. The Bertz CT molecular complexity index is 816. The Morgan fingerprint density at radius 1 is 1.24 bits per heavy atom. The normalized spacial score (nSPS) is 11.4. The van der Waals surface area contributed by atoms with Gasteiger partial charge in [0, 0.05) is 12.3 Å². The minimum Gasteiger partial charge on any atom is -0.497 e. The molecule has 0 saturated heterocycles. The number of hydrogen-bond acceptors (Lipinski definition) is 5. The van der Waals surface area contributed by atoms with Gasteiger partial charge in [0.15, 0.2) is 0 Å². The van der Waals surface area contributed by atoms with Crippen molar-refractivity contribution in [3.63, 3.8) is 0 Å². The monoisotopic (exact) mass is 345 g/mol. The second-order valence-electron chi connectivity index (χ2n) is 5.52. The number of rotatable bonds is 7. The summed E-state index contributed by atoms with van der Waals surface area (Å²) in [7, 11) is 2.90. The molecule has 7 heteroatoms. The number of methoxy groups -OCH3 is 2. The lowest BCUT2D eigenvalue weighted by Gasteiger charge is -2.03. The van der Waals surface area contributed by atoms with Gasteiger partial charge in [0.1, 0.15) is 5.75 Å². The largest absolute Gasteiger partial charge is 0.497 e. The Labute approximate surface area is 146 Å². The van der Waals surface area contributed by atoms with Gasteiger partial charge in [-0.05, 0) is 37.6 Å². The number of nitrogens with zero attached hydrogens (tertiary/aromatic N) is 2. The smallest absolute Gasteiger partial charge is 0.311 e. The highest BCUT2D eigenvalue weighted by Crippen LogP contribution is 2.15. The van der Waals surface area contributed by atoms with Gasteiger partial charge in [-0.1, -0.05) is 6.92 Å². The molecule has 0 aliphatic carbocycles. The zero-order valence-corrected chi connectivity index (χ0v) is 15.0. The lowest BCUT2D eigenvalue weighted by Crippen LogP contribution is -2.20. The van der Waals surface area contributed by atoms with E-state index in [-0.39, 0.29) is 12.0 Å². The molecule has 0 amide bonds. The summed E-state index contributed by atoms with van der Waals surface area (Å²) in [5.74, 6) is 0.270. The van der Waals surface area contributed by atoms with Crippen molar-refractivity contribution in [2.24, 2.45) is 4.99 Å². The van der Waals surface area contributed by atoms with Crippen molar-refractivity contribution < 1.29 is 14.3 Å². The molecule has 0 atom stereocenters. The maximum Gasteiger partial charge on any atom is 0.311 e. The molecule has 1 aromatic carbocycles. The number of benzene rings is 1. The highest BCUT2D eigenvalue weighted by atomic mass is 16.5. The number of esters is 1. The summed E-state index contributed by atoms with van der Waals surface area (Å²) >= 11 is 0. The van der Waals surface area contributed by atoms with Crippen molar-refractivity contribution in [3.8, 4) is 11.4 Å². The number of aliphatic imine (C=N–C) groups is 1. The third-order valence-electron chi connectivity index (χ3n) is 3.78. The van der Waals surface area contributed by atoms with Gasteiger partial charge >= 0.3 is 5.97 Å². The fourth-order valence-electron chi connectivity index (χ4n) is 2.47. The maximum atomic E-state index is 12.9. The highest BCUT2D eigenvalue weighted by molar-refractivity contribution is 6.00. The molecule has 0 aliphatic heterocycles. The summed E-state index contributed by atoms with van der Waals surface area (Å²) in [5.41, 5.74) is 1.90. The van der Waals surface area contributed by atoms with E-state index in [2.05, 4.69) is 10.1 Å². The lowest BCUT2D eigenvalue weighted by molar-refractivity contribution is -0.139. The first-order valence-corrected chi connectivity index (χ1v) is 8.08. The molecule has 1 aromatic heterocycles. The first-order chi connectivity index (χ1) is 12.0. The summed E-state index contributed by atoms with van der Waals surface area (Å²) < 4.78 is 11.3. The summed E-state index contributed by atoms with van der Waals surface area (Å²) in [6.07, 6.45) is 0.851. The zero-order chi connectivity index (χ0) is 18.4. The van der Waals surface area contributed by atoms with E-state index in [1.807, 2.05) is 6.92 Å². The van der Waals surface area contributed by atoms with Gasteiger partial charge in [-0.15, -0.1) is 0 Å². The number of ether oxygens (including phenoxy) is 2. The average Bonchev–Trinajstić information content (AvgIpc) is 2.95. The van der Waals surface area contributed by atoms with Crippen molar-refractivity contribution in [1.29, 1.82) is 0 Å². The van der Waals surface area contributed by atoms with E-state index in [1.165, 1.54) is 11.8 Å². The van der Waals surface area contributed by atoms with Crippen LogP contribution in [-0.4, -0.2) is 42.2 Å². The van der Waals surface area contributed by atoms with E-state index < -0.39 is 5.97 Å². The van der Waals surface area contributed by atoms with Crippen LogP contribution in [0.25, 0.3) is 5.69 Å². The summed E-state index contributed by atoms with van der Waals surface area (Å²) in [6.45, 7) is 4.41. The molecule has 0 bridgehead atoms. The maximum absolute atomic E-state index is 12.9. The average molecular weight is 345 g/mol. The fourth-order valence-corrected chi connectivity index (χ4v) is 2.47. The molecule has 1 N–H and O–H groups in total. The molecule has 25 heavy (non-hydrogen) atoms. The molecule has 0 unspecified atom stereocenters. The van der Waals surface area contributed by atoms with Gasteiger partial charge in [-0.25, -0.2) is 4.68 Å². The standard InChI is InChI=1S/C18H23N3O4/c1-5-10-19-12(2)17-15(11-16(22)25-4)20-21(18(17)23)13-6-8-14(24-3)9-7-13/h6-9,20H,5,10-11H2,1-4H3. The molecule has 0 saturated carbocycles. The molecular weight excluding hydrogens is 322 g/mol. The Balaban J connectivity index is 2.54. The number of nitrogens with one attached hydrogen (secondary N) is 1. The third-order valence-corrected chi connectivity index (χ3v) is 3.78. The van der Waals surface area contributed by atoms with Crippen LogP contribution in [0.2, 0.25) is 0 Å². The van der Waals surface area contributed by atoms with Gasteiger partial charge in [0.2, 0.25) is 0 Å². The molecule has 0 fully saturated rings. The molecule has 134 valence electrons. The minimum absolute atomic E-state index is 0.0246. The molecule has 1 heterocycles. The molecule has 7 nitrogen and oxygen atoms in total. The zero-order valence-electron chi connectivity index (χ0n) is 15.0. The van der Waals surface area contributed by atoms with E-state index in [9.17, 15) is 9.59 Å². The Kier molecular flexibility index (Phi) is 6.16. The predicted molar refractivity (Wildman–Crippen MR) is 96.0 cm³/mol. The van der Waals surface area contributed by atoms with Crippen molar-refractivity contribution in [1.82, 2.24) is 9.78 Å². The van der Waals surface area contributed by atoms with Crippen LogP contribution in [-0.2, 0) is 16.0 Å². The molecule has 0 aliphatic rings. The van der Waals surface area contributed by atoms with Crippen LogP contribution in [0.15, 0.2) is 34.1 Å². The van der Waals surface area contributed by atoms with Gasteiger partial charge in [-0.3, -0.25) is 19.7 Å². The van der Waals surface area contributed by atoms with Crippen molar-refractivity contribution in [2.75, 3.05) is 20.8 Å². The number of aromatic amines is 1. The number of carbonyl (C=O) groups excluding carboxylic acids is 1. The molecule has 2 rings (SSSR count). The van der Waals surface area contributed by atoms with Gasteiger partial charge in [0.25, 0.3) is 5.56 Å². The fraction of sp³-hybridized carbons (Fsp3) is 0.389. The van der Waals surface area contributed by atoms with Crippen LogP contribution in [0.1, 0.15) is 31.5 Å². The van der Waals surface area contributed by atoms with Crippen molar-refractivity contribution in [2.45, 2.75) is 26.7 Å². The highest BCUT2D eigenvalue weighted by Gasteiger charge is 2.20. The quantitative estimate of drug-likeness (QED) is 0.615. The molecular formula is C18H23N3O4. The van der Waals surface area contributed by atoms with E-state index >= 15 is 0 Å². The van der Waals surface area contributed by atoms with Crippen LogP contribution in [0.3, 0.4) is 0 Å². The third kappa shape index (κ3) is 4.17. The van der Waals surface area contributed by atoms with Crippen LogP contribution >= 0.6 is 0 Å². The van der Waals surface area contributed by atoms with Crippen molar-refractivity contribution >= 4 is 11.7 Å². The Morgan fingerprint density at radius 3 is 2.48 bits per heavy atom. The number of hydrogen-bond donors (Lipinski definition) is 1. The Hall–Kier alpha value is -2.83. The van der Waals surface area contributed by atoms with Crippen LogP contribution in [0.5, 0.6) is 5.75 Å².